The first-order chi connectivity index (χ1) is 10.6. The van der Waals surface area contributed by atoms with E-state index in [9.17, 15) is 9.59 Å². The van der Waals surface area contributed by atoms with Crippen molar-refractivity contribution >= 4 is 23.5 Å². The zero-order valence-electron chi connectivity index (χ0n) is 13.1. The topological polar surface area (TPSA) is 46.2 Å². The molecule has 118 valence electrons. The molecule has 0 spiro atoms. The first-order valence-electron chi connectivity index (χ1n) is 8.24. The van der Waals surface area contributed by atoms with Gasteiger partial charge in [0.2, 0.25) is 5.91 Å². The Balaban J connectivity index is 1.68. The molecule has 0 radical (unpaired) electrons. The minimum absolute atomic E-state index is 0.0179. The molecule has 1 atom stereocenters. The summed E-state index contributed by atoms with van der Waals surface area (Å²) in [5.74, 6) is 0.348. The van der Waals surface area contributed by atoms with Gasteiger partial charge in [0.1, 0.15) is 0 Å². The van der Waals surface area contributed by atoms with Gasteiger partial charge < -0.3 is 5.32 Å². The van der Waals surface area contributed by atoms with Gasteiger partial charge in [0.05, 0.1) is 0 Å². The number of rotatable bonds is 4. The standard InChI is InChI=1S/C18H23NO2S/c1-12(20)19-10-4-6-14-11-16(21)18-15-7-3-2-5-13(15)8-9-17(18)22-14/h8-9,14H,2-7,10-11H2,1H3,(H,19,20). The summed E-state index contributed by atoms with van der Waals surface area (Å²) in [6, 6.07) is 4.38. The maximum atomic E-state index is 12.6. The predicted molar refractivity (Wildman–Crippen MR) is 89.6 cm³/mol. The minimum Gasteiger partial charge on any atom is -0.356 e. The average Bonchev–Trinajstić information content (AvgIpc) is 2.51. The van der Waals surface area contributed by atoms with Gasteiger partial charge in [-0.25, -0.2) is 0 Å². The van der Waals surface area contributed by atoms with Crippen LogP contribution in [0.15, 0.2) is 17.0 Å². The highest BCUT2D eigenvalue weighted by Crippen LogP contribution is 2.41. The third-order valence-corrected chi connectivity index (χ3v) is 5.89. The number of ketones is 1. The monoisotopic (exact) mass is 317 g/mol. The molecule has 0 saturated heterocycles. The molecule has 1 aliphatic heterocycles. The lowest BCUT2D eigenvalue weighted by molar-refractivity contribution is -0.118. The molecule has 1 heterocycles. The quantitative estimate of drug-likeness (QED) is 0.864. The number of amides is 1. The van der Waals surface area contributed by atoms with Crippen LogP contribution in [0.25, 0.3) is 0 Å². The van der Waals surface area contributed by atoms with E-state index in [1.807, 2.05) is 11.8 Å². The van der Waals surface area contributed by atoms with Crippen LogP contribution < -0.4 is 5.32 Å². The summed E-state index contributed by atoms with van der Waals surface area (Å²) in [7, 11) is 0. The lowest BCUT2D eigenvalue weighted by atomic mass is 9.86. The number of fused-ring (bicyclic) bond motifs is 3. The summed E-state index contributed by atoms with van der Waals surface area (Å²) in [4.78, 5) is 24.7. The summed E-state index contributed by atoms with van der Waals surface area (Å²) in [6.45, 7) is 2.25. The van der Waals surface area contributed by atoms with Crippen molar-refractivity contribution in [3.63, 3.8) is 0 Å². The van der Waals surface area contributed by atoms with E-state index >= 15 is 0 Å². The summed E-state index contributed by atoms with van der Waals surface area (Å²) in [5, 5.41) is 3.18. The Bertz CT molecular complexity index is 597. The lowest BCUT2D eigenvalue weighted by Crippen LogP contribution is -2.24. The molecule has 0 fully saturated rings. The third kappa shape index (κ3) is 3.37. The number of nitrogens with one attached hydrogen (secondary N) is 1. The van der Waals surface area contributed by atoms with E-state index in [1.165, 1.54) is 35.8 Å². The summed E-state index contributed by atoms with van der Waals surface area (Å²) < 4.78 is 0. The van der Waals surface area contributed by atoms with Crippen molar-refractivity contribution in [2.75, 3.05) is 6.54 Å². The summed E-state index contributed by atoms with van der Waals surface area (Å²) in [6.07, 6.45) is 7.21. The van der Waals surface area contributed by atoms with Crippen molar-refractivity contribution in [1.82, 2.24) is 5.32 Å². The number of Topliss-reactive ketones (excluding diaryl/α,β-unsaturated/α-hetero) is 1. The molecule has 3 rings (SSSR count). The zero-order valence-corrected chi connectivity index (χ0v) is 13.9. The SMILES string of the molecule is CC(=O)NCCCC1CC(=O)c2c(ccc3c2CCCC3)S1. The van der Waals surface area contributed by atoms with Gasteiger partial charge in [-0.2, -0.15) is 0 Å². The molecule has 1 aromatic carbocycles. The first-order valence-corrected chi connectivity index (χ1v) is 9.12. The van der Waals surface area contributed by atoms with Gasteiger partial charge in [-0.1, -0.05) is 6.07 Å². The van der Waals surface area contributed by atoms with Crippen molar-refractivity contribution in [2.24, 2.45) is 0 Å². The van der Waals surface area contributed by atoms with Gasteiger partial charge in [0.25, 0.3) is 0 Å². The fourth-order valence-corrected chi connectivity index (χ4v) is 4.88. The summed E-state index contributed by atoms with van der Waals surface area (Å²) in [5.41, 5.74) is 3.75. The van der Waals surface area contributed by atoms with Crippen molar-refractivity contribution in [3.8, 4) is 0 Å². The molecule has 2 aliphatic rings. The highest BCUT2D eigenvalue weighted by atomic mass is 32.2. The average molecular weight is 317 g/mol. The van der Waals surface area contributed by atoms with E-state index in [2.05, 4.69) is 17.4 Å². The minimum atomic E-state index is 0.0179. The van der Waals surface area contributed by atoms with Crippen LogP contribution in [0.4, 0.5) is 0 Å². The van der Waals surface area contributed by atoms with Crippen LogP contribution in [0.2, 0.25) is 0 Å². The second kappa shape index (κ2) is 6.86. The molecule has 1 unspecified atom stereocenters. The van der Waals surface area contributed by atoms with Crippen LogP contribution >= 0.6 is 11.8 Å². The highest BCUT2D eigenvalue weighted by Gasteiger charge is 2.29. The van der Waals surface area contributed by atoms with Crippen LogP contribution in [0.5, 0.6) is 0 Å². The highest BCUT2D eigenvalue weighted by molar-refractivity contribution is 8.00. The van der Waals surface area contributed by atoms with Crippen molar-refractivity contribution < 1.29 is 9.59 Å². The molecule has 22 heavy (non-hydrogen) atoms. The van der Waals surface area contributed by atoms with E-state index in [-0.39, 0.29) is 5.91 Å². The van der Waals surface area contributed by atoms with Crippen molar-refractivity contribution in [2.45, 2.75) is 62.0 Å². The number of aryl methyl sites for hydroxylation is 1. The van der Waals surface area contributed by atoms with Crippen LogP contribution in [-0.4, -0.2) is 23.5 Å². The number of hydrogen-bond acceptors (Lipinski definition) is 3. The van der Waals surface area contributed by atoms with Crippen LogP contribution in [0.3, 0.4) is 0 Å². The molecular formula is C18H23NO2S. The van der Waals surface area contributed by atoms with Gasteiger partial charge in [-0.05, 0) is 55.7 Å². The zero-order chi connectivity index (χ0) is 15.5. The van der Waals surface area contributed by atoms with E-state index in [0.717, 1.165) is 31.2 Å². The first kappa shape index (κ1) is 15.6. The molecule has 1 amide bonds. The fourth-order valence-electron chi connectivity index (χ4n) is 3.50. The second-order valence-electron chi connectivity index (χ2n) is 6.28. The molecule has 3 nitrogen and oxygen atoms in total. The molecule has 1 aromatic rings. The van der Waals surface area contributed by atoms with Gasteiger partial charge >= 0.3 is 0 Å². The lowest BCUT2D eigenvalue weighted by Gasteiger charge is -2.28. The smallest absolute Gasteiger partial charge is 0.216 e. The molecule has 4 heteroatoms. The van der Waals surface area contributed by atoms with Crippen molar-refractivity contribution in [3.05, 3.63) is 28.8 Å². The molecule has 0 saturated carbocycles. The van der Waals surface area contributed by atoms with Crippen molar-refractivity contribution in [1.29, 1.82) is 0 Å². The van der Waals surface area contributed by atoms with E-state index in [0.29, 0.717) is 24.0 Å². The van der Waals surface area contributed by atoms with Gasteiger partial charge in [-0.3, -0.25) is 9.59 Å². The third-order valence-electron chi connectivity index (χ3n) is 4.56. The molecule has 1 N–H and O–H groups in total. The van der Waals surface area contributed by atoms with E-state index in [1.54, 1.807) is 0 Å². The summed E-state index contributed by atoms with van der Waals surface area (Å²) >= 11 is 1.86. The molecule has 1 aliphatic carbocycles. The predicted octanol–water partition coefficient (Wildman–Crippen LogP) is 3.53. The molecule has 0 aromatic heterocycles. The Hall–Kier alpha value is -1.29. The Morgan fingerprint density at radius 1 is 1.32 bits per heavy atom. The maximum Gasteiger partial charge on any atom is 0.216 e. The van der Waals surface area contributed by atoms with Crippen LogP contribution in [-0.2, 0) is 17.6 Å². The Labute approximate surface area is 136 Å². The second-order valence-corrected chi connectivity index (χ2v) is 7.62. The van der Waals surface area contributed by atoms with Gasteiger partial charge in [-0.15, -0.1) is 11.8 Å². The number of hydrogen-bond donors (Lipinski definition) is 1. The van der Waals surface area contributed by atoms with E-state index in [4.69, 9.17) is 0 Å². The fraction of sp³-hybridized carbons (Fsp3) is 0.556. The normalized spacial score (nSPS) is 20.2. The van der Waals surface area contributed by atoms with Crippen LogP contribution in [0.1, 0.15) is 60.5 Å². The Morgan fingerprint density at radius 3 is 2.95 bits per heavy atom. The maximum absolute atomic E-state index is 12.6. The Kier molecular flexibility index (Phi) is 4.87. The Morgan fingerprint density at radius 2 is 2.14 bits per heavy atom. The van der Waals surface area contributed by atoms with Crippen LogP contribution in [0, 0.1) is 0 Å². The molecular weight excluding hydrogens is 294 g/mol. The number of carbonyl (C=O) groups excluding carboxylic acids is 2. The number of thioether (sulfide) groups is 1. The van der Waals surface area contributed by atoms with Gasteiger partial charge in [0, 0.05) is 35.6 Å². The molecule has 0 bridgehead atoms. The van der Waals surface area contributed by atoms with E-state index < -0.39 is 0 Å². The number of benzene rings is 1. The van der Waals surface area contributed by atoms with Gasteiger partial charge in [0.15, 0.2) is 5.78 Å². The largest absolute Gasteiger partial charge is 0.356 e. The number of carbonyl (C=O) groups is 2.